The molecular formula is C10H4. The van der Waals surface area contributed by atoms with Crippen LogP contribution < -0.4 is 0 Å². The quantitative estimate of drug-likeness (QED) is 0.419. The number of rotatable bonds is 0. The topological polar surface area (TPSA) is 0 Å². The van der Waals surface area contributed by atoms with Gasteiger partial charge in [-0.05, 0) is 11.8 Å². The van der Waals surface area contributed by atoms with Crippen LogP contribution in [0, 0.1) is 48.9 Å². The third kappa shape index (κ3) is 3.04. The molecule has 0 spiro atoms. The van der Waals surface area contributed by atoms with Crippen molar-refractivity contribution >= 4 is 0 Å². The first-order chi connectivity index (χ1) is 4.85. The molecule has 0 aliphatic carbocycles. The predicted octanol–water partition coefficient (Wildman–Crippen LogP) is 0.816. The van der Waals surface area contributed by atoms with E-state index in [2.05, 4.69) is 29.6 Å². The first-order valence-electron chi connectivity index (χ1n) is 2.44. The first-order valence-corrected chi connectivity index (χ1v) is 2.44. The van der Waals surface area contributed by atoms with Crippen LogP contribution in [0.1, 0.15) is 0 Å². The van der Waals surface area contributed by atoms with Gasteiger partial charge in [0.05, 0.1) is 5.57 Å². The molecule has 0 unspecified atom stereocenters. The highest BCUT2D eigenvalue weighted by Gasteiger charge is 1.76. The number of hydrogen-bond acceptors (Lipinski definition) is 0. The Morgan fingerprint density at radius 2 is 1.70 bits per heavy atom. The molecule has 0 aromatic carbocycles. The molecule has 0 aliphatic heterocycles. The molecule has 0 heteroatoms. The second-order valence-corrected chi connectivity index (χ2v) is 1.26. The highest BCUT2D eigenvalue weighted by molar-refractivity contribution is 5.46. The van der Waals surface area contributed by atoms with Gasteiger partial charge < -0.3 is 0 Å². The maximum atomic E-state index is 4.99. The summed E-state index contributed by atoms with van der Waals surface area (Å²) < 4.78 is 0. The summed E-state index contributed by atoms with van der Waals surface area (Å²) in [6.07, 6.45) is 16.2. The van der Waals surface area contributed by atoms with Crippen molar-refractivity contribution in [1.82, 2.24) is 0 Å². The van der Waals surface area contributed by atoms with E-state index in [1.54, 1.807) is 0 Å². The van der Waals surface area contributed by atoms with Gasteiger partial charge in [-0.15, -0.1) is 19.3 Å². The van der Waals surface area contributed by atoms with Gasteiger partial charge in [-0.1, -0.05) is 17.8 Å². The van der Waals surface area contributed by atoms with Gasteiger partial charge in [0.15, 0.2) is 0 Å². The Morgan fingerprint density at radius 1 is 1.10 bits per heavy atom. The smallest absolute Gasteiger partial charge is 0.0822 e. The molecule has 0 aromatic heterocycles. The van der Waals surface area contributed by atoms with E-state index in [1.165, 1.54) is 6.08 Å². The average molecular weight is 124 g/mol. The lowest BCUT2D eigenvalue weighted by molar-refractivity contribution is 1.92. The molecule has 0 heterocycles. The molecule has 0 aliphatic rings. The van der Waals surface area contributed by atoms with Crippen LogP contribution in [0.2, 0.25) is 0 Å². The zero-order valence-corrected chi connectivity index (χ0v) is 5.31. The molecule has 0 nitrogen and oxygen atoms in total. The van der Waals surface area contributed by atoms with Crippen LogP contribution in [0.5, 0.6) is 0 Å². The van der Waals surface area contributed by atoms with Crippen LogP contribution in [0.25, 0.3) is 0 Å². The maximum Gasteiger partial charge on any atom is 0.0822 e. The fourth-order valence-corrected chi connectivity index (χ4v) is 0.275. The molecule has 0 amide bonds. The van der Waals surface area contributed by atoms with Crippen molar-refractivity contribution in [2.45, 2.75) is 0 Å². The lowest BCUT2D eigenvalue weighted by Crippen LogP contribution is -1.67. The molecule has 0 saturated carbocycles. The van der Waals surface area contributed by atoms with Crippen molar-refractivity contribution in [1.29, 1.82) is 0 Å². The normalized spacial score (nSPS) is 4.90. The van der Waals surface area contributed by atoms with Crippen molar-refractivity contribution in [3.63, 3.8) is 0 Å². The van der Waals surface area contributed by atoms with Gasteiger partial charge >= 0.3 is 0 Å². The lowest BCUT2D eigenvalue weighted by atomic mass is 10.3. The summed E-state index contributed by atoms with van der Waals surface area (Å²) in [6.45, 7) is 0. The van der Waals surface area contributed by atoms with Crippen molar-refractivity contribution in [3.8, 4) is 48.9 Å². The zero-order valence-electron chi connectivity index (χ0n) is 5.31. The minimum atomic E-state index is 0.405. The minimum absolute atomic E-state index is 0.405. The Morgan fingerprint density at radius 3 is 2.10 bits per heavy atom. The standard InChI is InChI=1S/C10H4/c1-4-7-8-9-10(5-2)6-3/h1-3,9H. The van der Waals surface area contributed by atoms with Gasteiger partial charge in [0.1, 0.15) is 0 Å². The Hall–Kier alpha value is -2.02. The van der Waals surface area contributed by atoms with Crippen molar-refractivity contribution in [2.24, 2.45) is 0 Å². The van der Waals surface area contributed by atoms with Gasteiger partial charge in [0, 0.05) is 6.08 Å². The molecule has 0 fully saturated rings. The Balaban J connectivity index is 4.39. The van der Waals surface area contributed by atoms with Crippen LogP contribution in [-0.4, -0.2) is 0 Å². The average Bonchev–Trinajstić information content (AvgIpc) is 1.99. The molecule has 44 valence electrons. The van der Waals surface area contributed by atoms with E-state index in [9.17, 15) is 0 Å². The minimum Gasteiger partial charge on any atom is -0.114 e. The summed E-state index contributed by atoms with van der Waals surface area (Å²) in [4.78, 5) is 0. The highest BCUT2D eigenvalue weighted by atomic mass is 13.8. The van der Waals surface area contributed by atoms with Gasteiger partial charge in [-0.2, -0.15) is 0 Å². The first kappa shape index (κ1) is 7.98. The molecule has 0 N–H and O–H groups in total. The van der Waals surface area contributed by atoms with E-state index in [1.807, 2.05) is 0 Å². The van der Waals surface area contributed by atoms with Gasteiger partial charge in [0.25, 0.3) is 0 Å². The Labute approximate surface area is 61.3 Å². The largest absolute Gasteiger partial charge is 0.114 e. The van der Waals surface area contributed by atoms with E-state index in [-0.39, 0.29) is 0 Å². The van der Waals surface area contributed by atoms with Crippen LogP contribution in [0.3, 0.4) is 0 Å². The van der Waals surface area contributed by atoms with Crippen LogP contribution >= 0.6 is 0 Å². The zero-order chi connectivity index (χ0) is 7.82. The van der Waals surface area contributed by atoms with Gasteiger partial charge in [-0.3, -0.25) is 0 Å². The lowest BCUT2D eigenvalue weighted by Gasteiger charge is -1.75. The Kier molecular flexibility index (Phi) is 4.09. The summed E-state index contributed by atoms with van der Waals surface area (Å²) in [5.74, 6) is 11.5. The number of terminal acetylenes is 3. The van der Waals surface area contributed by atoms with E-state index < -0.39 is 0 Å². The molecule has 10 heavy (non-hydrogen) atoms. The molecule has 0 rings (SSSR count). The van der Waals surface area contributed by atoms with E-state index in [0.717, 1.165) is 0 Å². The molecule has 0 aromatic rings. The summed E-state index contributed by atoms with van der Waals surface area (Å²) >= 11 is 0. The second-order valence-electron chi connectivity index (χ2n) is 1.26. The van der Waals surface area contributed by atoms with Crippen molar-refractivity contribution in [2.75, 3.05) is 0 Å². The van der Waals surface area contributed by atoms with Gasteiger partial charge in [-0.25, -0.2) is 0 Å². The van der Waals surface area contributed by atoms with E-state index in [4.69, 9.17) is 19.3 Å². The monoisotopic (exact) mass is 124 g/mol. The van der Waals surface area contributed by atoms with Gasteiger partial charge in [0.2, 0.25) is 0 Å². The van der Waals surface area contributed by atoms with Crippen LogP contribution in [-0.2, 0) is 0 Å². The maximum absolute atomic E-state index is 4.99. The Bertz CT molecular complexity index is 294. The second kappa shape index (κ2) is 5.12. The fraction of sp³-hybridized carbons (Fsp3) is 0. The summed E-state index contributed by atoms with van der Waals surface area (Å²) in [7, 11) is 0. The van der Waals surface area contributed by atoms with E-state index >= 15 is 0 Å². The van der Waals surface area contributed by atoms with E-state index in [0.29, 0.717) is 5.57 Å². The third-order valence-electron chi connectivity index (χ3n) is 0.672. The van der Waals surface area contributed by atoms with Crippen LogP contribution in [0.15, 0.2) is 11.6 Å². The van der Waals surface area contributed by atoms with Crippen molar-refractivity contribution in [3.05, 3.63) is 11.6 Å². The van der Waals surface area contributed by atoms with Crippen molar-refractivity contribution < 1.29 is 0 Å². The molecule has 0 saturated heterocycles. The molecule has 0 radical (unpaired) electrons. The SMILES string of the molecule is C#CC#CC=C(C#C)C#C. The summed E-state index contributed by atoms with van der Waals surface area (Å²) in [5, 5.41) is 0. The third-order valence-corrected chi connectivity index (χ3v) is 0.672. The summed E-state index contributed by atoms with van der Waals surface area (Å²) in [6, 6.07) is 0. The van der Waals surface area contributed by atoms with Crippen LogP contribution in [0.4, 0.5) is 0 Å². The highest BCUT2D eigenvalue weighted by Crippen LogP contribution is 1.84. The fourth-order valence-electron chi connectivity index (χ4n) is 0.275. The molecular weight excluding hydrogens is 120 g/mol. The molecule has 0 bridgehead atoms. The number of hydrogen-bond donors (Lipinski definition) is 0. The predicted molar refractivity (Wildman–Crippen MR) is 42.4 cm³/mol. The molecule has 0 atom stereocenters. The summed E-state index contributed by atoms with van der Waals surface area (Å²) in [5.41, 5.74) is 0.405. The number of allylic oxidation sites excluding steroid dienone is 2.